The van der Waals surface area contributed by atoms with Crippen LogP contribution in [-0.2, 0) is 10.2 Å². The molecule has 0 unspecified atom stereocenters. The maximum absolute atomic E-state index is 12.6. The Morgan fingerprint density at radius 1 is 1.22 bits per heavy atom. The second-order valence-corrected chi connectivity index (χ2v) is 6.53. The summed E-state index contributed by atoms with van der Waals surface area (Å²) in [5.41, 5.74) is 0.307. The van der Waals surface area contributed by atoms with Gasteiger partial charge in [-0.05, 0) is 24.6 Å². The van der Waals surface area contributed by atoms with Crippen molar-refractivity contribution in [3.8, 4) is 5.75 Å². The number of para-hydroxylation sites is 1. The number of esters is 1. The predicted octanol–water partition coefficient (Wildman–Crippen LogP) is 3.69. The van der Waals surface area contributed by atoms with Crippen LogP contribution in [0.15, 0.2) is 53.0 Å². The van der Waals surface area contributed by atoms with Crippen LogP contribution in [0.3, 0.4) is 0 Å². The Kier molecular flexibility index (Phi) is 3.93. The van der Waals surface area contributed by atoms with E-state index in [1.165, 1.54) is 0 Å². The van der Waals surface area contributed by atoms with Gasteiger partial charge in [-0.2, -0.15) is 0 Å². The number of benzene rings is 2. The smallest absolute Gasteiger partial charge is 0.322 e. The highest BCUT2D eigenvalue weighted by atomic mass is 79.9. The van der Waals surface area contributed by atoms with Gasteiger partial charge in [0.15, 0.2) is 0 Å². The third-order valence-corrected chi connectivity index (χ3v) is 5.10. The highest BCUT2D eigenvalue weighted by Gasteiger charge is 2.53. The molecule has 0 amide bonds. The van der Waals surface area contributed by atoms with E-state index in [1.807, 2.05) is 24.3 Å². The lowest BCUT2D eigenvalue weighted by Gasteiger charge is -2.29. The number of rotatable bonds is 4. The van der Waals surface area contributed by atoms with E-state index < -0.39 is 17.3 Å². The number of carbonyl (C=O) groups is 1. The van der Waals surface area contributed by atoms with Gasteiger partial charge in [0.2, 0.25) is 6.54 Å². The first-order valence-corrected chi connectivity index (χ1v) is 7.92. The maximum Gasteiger partial charge on any atom is 0.322 e. The number of hydrogen-bond donors (Lipinski definition) is 0. The molecule has 2 aromatic carbocycles. The van der Waals surface area contributed by atoms with Crippen LogP contribution in [0.2, 0.25) is 0 Å². The van der Waals surface area contributed by atoms with Gasteiger partial charge in [-0.1, -0.05) is 52.3 Å². The van der Waals surface area contributed by atoms with Crippen LogP contribution < -0.4 is 4.74 Å². The minimum Gasteiger partial charge on any atom is -0.426 e. The summed E-state index contributed by atoms with van der Waals surface area (Å²) < 4.78 is 6.11. The summed E-state index contributed by atoms with van der Waals surface area (Å²) in [6.45, 7) is 1.36. The first-order chi connectivity index (χ1) is 10.9. The molecule has 1 aliphatic heterocycles. The van der Waals surface area contributed by atoms with E-state index in [-0.39, 0.29) is 11.5 Å². The lowest BCUT2D eigenvalue weighted by molar-refractivity contribution is -0.484. The van der Waals surface area contributed by atoms with Gasteiger partial charge in [0.1, 0.15) is 11.2 Å². The lowest BCUT2D eigenvalue weighted by Crippen LogP contribution is -2.40. The summed E-state index contributed by atoms with van der Waals surface area (Å²) in [5.74, 6) is -0.620. The van der Waals surface area contributed by atoms with Crippen molar-refractivity contribution in [2.45, 2.75) is 18.3 Å². The molecule has 0 radical (unpaired) electrons. The van der Waals surface area contributed by atoms with Gasteiger partial charge < -0.3 is 4.74 Å². The van der Waals surface area contributed by atoms with Gasteiger partial charge in [0, 0.05) is 15.0 Å². The molecule has 0 aromatic heterocycles. The summed E-state index contributed by atoms with van der Waals surface area (Å²) in [6.07, 6.45) is 0. The first-order valence-electron chi connectivity index (χ1n) is 7.12. The van der Waals surface area contributed by atoms with Crippen molar-refractivity contribution in [3.63, 3.8) is 0 Å². The Morgan fingerprint density at radius 3 is 2.57 bits per heavy atom. The molecule has 0 fully saturated rings. The quantitative estimate of drug-likeness (QED) is 0.353. The number of hydrogen-bond acceptors (Lipinski definition) is 4. The topological polar surface area (TPSA) is 69.4 Å². The third kappa shape index (κ3) is 2.53. The number of halogens is 1. The van der Waals surface area contributed by atoms with Crippen molar-refractivity contribution < 1.29 is 14.5 Å². The Morgan fingerprint density at radius 2 is 1.87 bits per heavy atom. The molecule has 0 spiro atoms. The number of carbonyl (C=O) groups excluding carboxylic acids is 1. The van der Waals surface area contributed by atoms with Crippen molar-refractivity contribution in [2.24, 2.45) is 0 Å². The monoisotopic (exact) mass is 375 g/mol. The molecule has 3 rings (SSSR count). The summed E-state index contributed by atoms with van der Waals surface area (Å²) in [6, 6.07) is 14.4. The molecular formula is C17H14BrNO4. The SMILES string of the molecule is C[C@]1([C@H](C[N+](=O)[O-])c2ccccc2Br)C(=O)Oc2ccccc21. The fraction of sp³-hybridized carbons (Fsp3) is 0.235. The molecule has 5 nitrogen and oxygen atoms in total. The van der Waals surface area contributed by atoms with Crippen LogP contribution in [0.5, 0.6) is 5.75 Å². The van der Waals surface area contributed by atoms with E-state index in [2.05, 4.69) is 15.9 Å². The summed E-state index contributed by atoms with van der Waals surface area (Å²) in [4.78, 5) is 23.5. The molecule has 23 heavy (non-hydrogen) atoms. The minimum absolute atomic E-state index is 0.359. The van der Waals surface area contributed by atoms with Crippen molar-refractivity contribution in [1.82, 2.24) is 0 Å². The van der Waals surface area contributed by atoms with Gasteiger partial charge in [0.05, 0.1) is 5.92 Å². The predicted molar refractivity (Wildman–Crippen MR) is 88.2 cm³/mol. The van der Waals surface area contributed by atoms with Crippen LogP contribution in [-0.4, -0.2) is 17.4 Å². The fourth-order valence-electron chi connectivity index (χ4n) is 3.13. The molecule has 1 aliphatic rings. The van der Waals surface area contributed by atoms with E-state index in [4.69, 9.17) is 4.74 Å². The first kappa shape index (κ1) is 15.7. The van der Waals surface area contributed by atoms with Crippen LogP contribution >= 0.6 is 15.9 Å². The van der Waals surface area contributed by atoms with Crippen LogP contribution in [0.4, 0.5) is 0 Å². The third-order valence-electron chi connectivity index (χ3n) is 4.38. The second kappa shape index (κ2) is 5.77. The van der Waals surface area contributed by atoms with Gasteiger partial charge in [0.25, 0.3) is 0 Å². The Hall–Kier alpha value is -2.21. The minimum atomic E-state index is -1.10. The van der Waals surface area contributed by atoms with Crippen molar-refractivity contribution in [1.29, 1.82) is 0 Å². The second-order valence-electron chi connectivity index (χ2n) is 5.68. The van der Waals surface area contributed by atoms with Gasteiger partial charge in [-0.25, -0.2) is 0 Å². The van der Waals surface area contributed by atoms with E-state index in [0.717, 1.165) is 10.0 Å². The highest BCUT2D eigenvalue weighted by molar-refractivity contribution is 9.10. The Labute approximate surface area is 141 Å². The van der Waals surface area contributed by atoms with Crippen LogP contribution in [0.1, 0.15) is 24.0 Å². The molecule has 2 atom stereocenters. The molecule has 0 saturated carbocycles. The molecule has 0 bridgehead atoms. The number of ether oxygens (including phenoxy) is 1. The van der Waals surface area contributed by atoms with Gasteiger partial charge >= 0.3 is 5.97 Å². The number of nitro groups is 1. The van der Waals surface area contributed by atoms with E-state index in [9.17, 15) is 14.9 Å². The summed E-state index contributed by atoms with van der Waals surface area (Å²) in [5, 5.41) is 11.3. The van der Waals surface area contributed by atoms with E-state index >= 15 is 0 Å². The zero-order chi connectivity index (χ0) is 16.6. The average Bonchev–Trinajstić information content (AvgIpc) is 2.78. The molecule has 0 saturated heterocycles. The Bertz CT molecular complexity index is 792. The average molecular weight is 376 g/mol. The van der Waals surface area contributed by atoms with E-state index in [1.54, 1.807) is 31.2 Å². The molecule has 6 heteroatoms. The highest BCUT2D eigenvalue weighted by Crippen LogP contribution is 2.49. The lowest BCUT2D eigenvalue weighted by atomic mass is 9.69. The van der Waals surface area contributed by atoms with Gasteiger partial charge in [-0.3, -0.25) is 14.9 Å². The largest absolute Gasteiger partial charge is 0.426 e. The van der Waals surface area contributed by atoms with Crippen LogP contribution in [0.25, 0.3) is 0 Å². The zero-order valence-corrected chi connectivity index (χ0v) is 13.9. The Balaban J connectivity index is 2.19. The van der Waals surface area contributed by atoms with Crippen LogP contribution in [0, 0.1) is 10.1 Å². The van der Waals surface area contributed by atoms with Crippen molar-refractivity contribution >= 4 is 21.9 Å². The zero-order valence-electron chi connectivity index (χ0n) is 12.4. The fourth-order valence-corrected chi connectivity index (χ4v) is 3.69. The molecule has 2 aromatic rings. The standard InChI is InChI=1S/C17H14BrNO4/c1-17(12-7-3-5-9-15(12)23-16(17)20)13(10-19(21)22)11-6-2-4-8-14(11)18/h2-9,13H,10H2,1H3/t13-,17+/m1/s1. The van der Waals surface area contributed by atoms with E-state index in [0.29, 0.717) is 11.3 Å². The summed E-state index contributed by atoms with van der Waals surface area (Å²) >= 11 is 3.44. The molecule has 118 valence electrons. The number of fused-ring (bicyclic) bond motifs is 1. The normalized spacial score (nSPS) is 20.7. The molecule has 1 heterocycles. The number of nitrogens with zero attached hydrogens (tertiary/aromatic N) is 1. The maximum atomic E-state index is 12.6. The molecule has 0 aliphatic carbocycles. The van der Waals surface area contributed by atoms with Gasteiger partial charge in [-0.15, -0.1) is 0 Å². The molecule has 0 N–H and O–H groups in total. The summed E-state index contributed by atoms with van der Waals surface area (Å²) in [7, 11) is 0. The molecular weight excluding hydrogens is 362 g/mol. The van der Waals surface area contributed by atoms with Crippen molar-refractivity contribution in [3.05, 3.63) is 74.2 Å². The van der Waals surface area contributed by atoms with Crippen molar-refractivity contribution in [2.75, 3.05) is 6.54 Å².